The number of hydrogen-bond acceptors (Lipinski definition) is 1. The summed E-state index contributed by atoms with van der Waals surface area (Å²) in [6, 6.07) is 12.5. The minimum Gasteiger partial charge on any atom is -0.233 e. The summed E-state index contributed by atoms with van der Waals surface area (Å²) in [5, 5.41) is 4.57. The van der Waals surface area contributed by atoms with Crippen molar-refractivity contribution in [3.05, 3.63) is 60.3 Å². The van der Waals surface area contributed by atoms with Crippen molar-refractivity contribution in [2.45, 2.75) is 20.8 Å². The van der Waals surface area contributed by atoms with Crippen LogP contribution in [0.1, 0.15) is 19.5 Å². The summed E-state index contributed by atoms with van der Waals surface area (Å²) in [6.07, 6.45) is 6.17. The van der Waals surface area contributed by atoms with Gasteiger partial charge in [-0.3, -0.25) is 0 Å². The van der Waals surface area contributed by atoms with Gasteiger partial charge in [-0.05, 0) is 32.9 Å². The molecule has 0 bridgehead atoms. The Morgan fingerprint density at radius 2 is 1.89 bits per heavy atom. The molecule has 1 aromatic carbocycles. The van der Waals surface area contributed by atoms with Crippen LogP contribution in [0.15, 0.2) is 54.6 Å². The van der Waals surface area contributed by atoms with E-state index >= 15 is 0 Å². The Balaban J connectivity index is 2.56. The number of benzene rings is 1. The lowest BCUT2D eigenvalue weighted by Crippen LogP contribution is -1.99. The number of aromatic nitrogens is 2. The molecule has 18 heavy (non-hydrogen) atoms. The number of aryl methyl sites for hydroxylation is 1. The third kappa shape index (κ3) is 2.43. The minimum atomic E-state index is 1.03. The molecule has 0 atom stereocenters. The monoisotopic (exact) mass is 238 g/mol. The lowest BCUT2D eigenvalue weighted by Gasteiger charge is -2.08. The van der Waals surface area contributed by atoms with Crippen LogP contribution in [0.2, 0.25) is 0 Å². The number of hydrogen-bond donors (Lipinski definition) is 0. The van der Waals surface area contributed by atoms with E-state index in [9.17, 15) is 0 Å². The van der Waals surface area contributed by atoms with E-state index < -0.39 is 0 Å². The summed E-state index contributed by atoms with van der Waals surface area (Å²) in [4.78, 5) is 0. The lowest BCUT2D eigenvalue weighted by atomic mass is 10.1. The molecule has 0 aliphatic heterocycles. The Hall–Kier alpha value is -2.09. The summed E-state index contributed by atoms with van der Waals surface area (Å²) >= 11 is 0. The summed E-state index contributed by atoms with van der Waals surface area (Å²) in [5.74, 6) is 0. The van der Waals surface area contributed by atoms with Gasteiger partial charge in [-0.2, -0.15) is 5.10 Å². The summed E-state index contributed by atoms with van der Waals surface area (Å²) in [7, 11) is 0. The maximum Gasteiger partial charge on any atom is 0.0743 e. The fourth-order valence-electron chi connectivity index (χ4n) is 1.97. The average Bonchev–Trinajstić information content (AvgIpc) is 2.79. The van der Waals surface area contributed by atoms with Gasteiger partial charge >= 0.3 is 0 Å². The van der Waals surface area contributed by atoms with Gasteiger partial charge in [0, 0.05) is 5.56 Å². The molecule has 92 valence electrons. The predicted octanol–water partition coefficient (Wildman–Crippen LogP) is 4.30. The van der Waals surface area contributed by atoms with Crippen LogP contribution >= 0.6 is 0 Å². The van der Waals surface area contributed by atoms with E-state index in [1.54, 1.807) is 0 Å². The molecule has 0 radical (unpaired) electrons. The highest BCUT2D eigenvalue weighted by atomic mass is 15.3. The summed E-state index contributed by atoms with van der Waals surface area (Å²) < 4.78 is 1.99. The highest BCUT2D eigenvalue weighted by molar-refractivity contribution is 5.68. The van der Waals surface area contributed by atoms with Crippen molar-refractivity contribution in [3.8, 4) is 11.3 Å². The van der Waals surface area contributed by atoms with Gasteiger partial charge in [0.2, 0.25) is 0 Å². The zero-order valence-corrected chi connectivity index (χ0v) is 11.1. The standard InChI is InChI=1S/C16H18N2/c1-4-9-15(5-2)18-16(12-13(3)17-18)14-10-7-6-8-11-14/h4-12H,1-3H3/b9-4-,15-5+. The molecule has 0 saturated heterocycles. The molecule has 0 aliphatic rings. The Morgan fingerprint density at radius 1 is 1.17 bits per heavy atom. The topological polar surface area (TPSA) is 17.8 Å². The first-order chi connectivity index (χ1) is 8.76. The van der Waals surface area contributed by atoms with E-state index in [4.69, 9.17) is 0 Å². The minimum absolute atomic E-state index is 1.03. The van der Waals surface area contributed by atoms with Crippen LogP contribution in [-0.2, 0) is 0 Å². The number of nitrogens with zero attached hydrogens (tertiary/aromatic N) is 2. The molecule has 2 nitrogen and oxygen atoms in total. The maximum absolute atomic E-state index is 4.57. The summed E-state index contributed by atoms with van der Waals surface area (Å²) in [6.45, 7) is 6.06. The van der Waals surface area contributed by atoms with Crippen molar-refractivity contribution < 1.29 is 0 Å². The summed E-state index contributed by atoms with van der Waals surface area (Å²) in [5.41, 5.74) is 4.42. The fraction of sp³-hybridized carbons (Fsp3) is 0.188. The van der Waals surface area contributed by atoms with Crippen LogP contribution in [0, 0.1) is 6.92 Å². The quantitative estimate of drug-likeness (QED) is 0.729. The number of allylic oxidation sites excluding steroid dienone is 4. The zero-order valence-electron chi connectivity index (χ0n) is 11.1. The van der Waals surface area contributed by atoms with Gasteiger partial charge in [-0.25, -0.2) is 4.68 Å². The molecule has 0 unspecified atom stereocenters. The van der Waals surface area contributed by atoms with Crippen LogP contribution in [0.25, 0.3) is 17.0 Å². The highest BCUT2D eigenvalue weighted by Gasteiger charge is 2.09. The molecular formula is C16H18N2. The van der Waals surface area contributed by atoms with Gasteiger partial charge in [0.15, 0.2) is 0 Å². The van der Waals surface area contributed by atoms with Crippen molar-refractivity contribution in [3.63, 3.8) is 0 Å². The molecule has 2 heteroatoms. The van der Waals surface area contributed by atoms with Gasteiger partial charge in [0.1, 0.15) is 0 Å². The largest absolute Gasteiger partial charge is 0.233 e. The van der Waals surface area contributed by atoms with E-state index in [-0.39, 0.29) is 0 Å². The molecule has 0 N–H and O–H groups in total. The molecule has 0 amide bonds. The van der Waals surface area contributed by atoms with Crippen molar-refractivity contribution in [1.82, 2.24) is 9.78 Å². The first-order valence-electron chi connectivity index (χ1n) is 6.17. The average molecular weight is 238 g/mol. The van der Waals surface area contributed by atoms with Gasteiger partial charge < -0.3 is 0 Å². The first kappa shape index (κ1) is 12.4. The van der Waals surface area contributed by atoms with Gasteiger partial charge in [-0.15, -0.1) is 0 Å². The normalized spacial score (nSPS) is 12.3. The molecule has 2 rings (SSSR count). The number of rotatable bonds is 3. The Kier molecular flexibility index (Phi) is 3.78. The third-order valence-corrected chi connectivity index (χ3v) is 2.78. The van der Waals surface area contributed by atoms with Gasteiger partial charge in [-0.1, -0.05) is 42.5 Å². The van der Waals surface area contributed by atoms with Crippen LogP contribution in [0.4, 0.5) is 0 Å². The van der Waals surface area contributed by atoms with E-state index in [0.717, 1.165) is 17.1 Å². The van der Waals surface area contributed by atoms with E-state index in [2.05, 4.69) is 35.4 Å². The van der Waals surface area contributed by atoms with Crippen LogP contribution < -0.4 is 0 Å². The SMILES string of the molecule is C/C=C\C(=C/C)n1nc(C)cc1-c1ccccc1. The Labute approximate surface area is 108 Å². The van der Waals surface area contributed by atoms with E-state index in [1.165, 1.54) is 5.56 Å². The second-order valence-corrected chi connectivity index (χ2v) is 4.16. The zero-order chi connectivity index (χ0) is 13.0. The molecule has 0 fully saturated rings. The Morgan fingerprint density at radius 3 is 2.50 bits per heavy atom. The first-order valence-corrected chi connectivity index (χ1v) is 6.17. The van der Waals surface area contributed by atoms with Gasteiger partial charge in [0.25, 0.3) is 0 Å². The molecule has 0 saturated carbocycles. The molecular weight excluding hydrogens is 220 g/mol. The molecule has 1 aromatic heterocycles. The fourth-order valence-corrected chi connectivity index (χ4v) is 1.97. The van der Waals surface area contributed by atoms with E-state index in [0.29, 0.717) is 0 Å². The lowest BCUT2D eigenvalue weighted by molar-refractivity contribution is 0.894. The van der Waals surface area contributed by atoms with Crippen molar-refractivity contribution in [2.24, 2.45) is 0 Å². The van der Waals surface area contributed by atoms with Crippen molar-refractivity contribution in [2.75, 3.05) is 0 Å². The van der Waals surface area contributed by atoms with Crippen LogP contribution in [0.5, 0.6) is 0 Å². The smallest absolute Gasteiger partial charge is 0.0743 e. The van der Waals surface area contributed by atoms with Gasteiger partial charge in [0.05, 0.1) is 17.1 Å². The third-order valence-electron chi connectivity index (χ3n) is 2.78. The second kappa shape index (κ2) is 5.50. The molecule has 1 heterocycles. The maximum atomic E-state index is 4.57. The molecule has 0 aliphatic carbocycles. The van der Waals surface area contributed by atoms with E-state index in [1.807, 2.05) is 49.7 Å². The second-order valence-electron chi connectivity index (χ2n) is 4.16. The van der Waals surface area contributed by atoms with Crippen LogP contribution in [-0.4, -0.2) is 9.78 Å². The molecule has 0 spiro atoms. The van der Waals surface area contributed by atoms with Crippen molar-refractivity contribution in [1.29, 1.82) is 0 Å². The predicted molar refractivity (Wildman–Crippen MR) is 77.2 cm³/mol. The van der Waals surface area contributed by atoms with Crippen LogP contribution in [0.3, 0.4) is 0 Å². The Bertz CT molecular complexity index is 574. The van der Waals surface area contributed by atoms with Crippen molar-refractivity contribution >= 4 is 5.70 Å². The highest BCUT2D eigenvalue weighted by Crippen LogP contribution is 2.23. The molecule has 2 aromatic rings.